The van der Waals surface area contributed by atoms with Crippen LogP contribution in [0.25, 0.3) is 26.9 Å². The van der Waals surface area contributed by atoms with Gasteiger partial charge in [0.05, 0.1) is 16.3 Å². The molecule has 0 radical (unpaired) electrons. The molecule has 3 heterocycles. The smallest absolute Gasteiger partial charge is 0.194 e. The van der Waals surface area contributed by atoms with Gasteiger partial charge in [-0.2, -0.15) is 0 Å². The van der Waals surface area contributed by atoms with Crippen molar-refractivity contribution in [3.05, 3.63) is 51.4 Å². The van der Waals surface area contributed by atoms with E-state index in [1.54, 1.807) is 18.3 Å². The molecule has 4 rings (SSSR count). The van der Waals surface area contributed by atoms with Crippen LogP contribution in [-0.2, 0) is 0 Å². The van der Waals surface area contributed by atoms with Gasteiger partial charge in [-0.25, -0.2) is 9.97 Å². The molecule has 120 valence electrons. The van der Waals surface area contributed by atoms with E-state index in [1.807, 2.05) is 47.2 Å². The molecule has 0 bridgehead atoms. The van der Waals surface area contributed by atoms with Crippen molar-refractivity contribution in [2.45, 2.75) is 13.8 Å². The minimum atomic E-state index is -0.00236. The summed E-state index contributed by atoms with van der Waals surface area (Å²) < 4.78 is 2.02. The fraction of sp³-hybridized carbons (Fsp3) is 0.118. The quantitative estimate of drug-likeness (QED) is 0.455. The molecule has 0 aliphatic carbocycles. The number of aryl methyl sites for hydroxylation is 1. The van der Waals surface area contributed by atoms with Gasteiger partial charge in [-0.1, -0.05) is 23.7 Å². The molecular weight excluding hydrogens is 362 g/mol. The lowest BCUT2D eigenvalue weighted by Gasteiger charge is -2.00. The lowest BCUT2D eigenvalue weighted by atomic mass is 10.1. The highest BCUT2D eigenvalue weighted by Crippen LogP contribution is 2.37. The Bertz CT molecular complexity index is 1080. The third-order valence-corrected chi connectivity index (χ3v) is 5.84. The van der Waals surface area contributed by atoms with Gasteiger partial charge in [0.25, 0.3) is 0 Å². The van der Waals surface area contributed by atoms with E-state index < -0.39 is 0 Å². The molecule has 0 N–H and O–H groups in total. The maximum atomic E-state index is 12.1. The zero-order chi connectivity index (χ0) is 16.8. The molecule has 4 nitrogen and oxygen atoms in total. The summed E-state index contributed by atoms with van der Waals surface area (Å²) in [4.78, 5) is 23.0. The monoisotopic (exact) mass is 373 g/mol. The van der Waals surface area contributed by atoms with Gasteiger partial charge in [0.2, 0.25) is 0 Å². The molecule has 1 aromatic carbocycles. The molecule has 0 fully saturated rings. The number of thiazole rings is 2. The second-order valence-electron chi connectivity index (χ2n) is 5.36. The Labute approximate surface area is 151 Å². The molecule has 0 atom stereocenters. The molecular formula is C17H12ClN3OS2. The molecule has 0 aliphatic heterocycles. The number of imidazole rings is 1. The van der Waals surface area contributed by atoms with E-state index in [2.05, 4.69) is 4.98 Å². The maximum absolute atomic E-state index is 12.1. The zero-order valence-electron chi connectivity index (χ0n) is 12.9. The number of carbonyl (C=O) groups is 1. The van der Waals surface area contributed by atoms with Gasteiger partial charge in [-0.15, -0.1) is 22.7 Å². The van der Waals surface area contributed by atoms with Crippen LogP contribution in [0.4, 0.5) is 0 Å². The van der Waals surface area contributed by atoms with E-state index in [9.17, 15) is 4.79 Å². The van der Waals surface area contributed by atoms with Gasteiger partial charge in [-0.05, 0) is 19.1 Å². The molecule has 24 heavy (non-hydrogen) atoms. The summed E-state index contributed by atoms with van der Waals surface area (Å²) in [5, 5.41) is 3.40. The predicted molar refractivity (Wildman–Crippen MR) is 99.4 cm³/mol. The van der Waals surface area contributed by atoms with Crippen LogP contribution in [0.2, 0.25) is 5.02 Å². The van der Waals surface area contributed by atoms with E-state index in [4.69, 9.17) is 16.6 Å². The number of aromatic nitrogens is 3. The zero-order valence-corrected chi connectivity index (χ0v) is 15.3. The Morgan fingerprint density at radius 3 is 2.88 bits per heavy atom. The van der Waals surface area contributed by atoms with Crippen LogP contribution in [0.3, 0.4) is 0 Å². The van der Waals surface area contributed by atoms with Crippen molar-refractivity contribution >= 4 is 45.0 Å². The summed E-state index contributed by atoms with van der Waals surface area (Å²) in [5.41, 5.74) is 3.36. The van der Waals surface area contributed by atoms with E-state index >= 15 is 0 Å². The highest BCUT2D eigenvalue weighted by molar-refractivity contribution is 7.17. The van der Waals surface area contributed by atoms with Gasteiger partial charge < -0.3 is 0 Å². The maximum Gasteiger partial charge on any atom is 0.194 e. The number of Topliss-reactive ketones (excluding diaryl/α,β-unsaturated/α-hetero) is 1. The topological polar surface area (TPSA) is 47.3 Å². The summed E-state index contributed by atoms with van der Waals surface area (Å²) >= 11 is 9.08. The van der Waals surface area contributed by atoms with E-state index in [0.717, 1.165) is 26.9 Å². The van der Waals surface area contributed by atoms with E-state index in [0.29, 0.717) is 15.6 Å². The fourth-order valence-corrected chi connectivity index (χ4v) is 4.67. The molecule has 0 amide bonds. The van der Waals surface area contributed by atoms with Gasteiger partial charge in [0.1, 0.15) is 10.7 Å². The summed E-state index contributed by atoms with van der Waals surface area (Å²) in [6.45, 7) is 3.53. The average Bonchev–Trinajstić information content (AvgIpc) is 3.20. The largest absolute Gasteiger partial charge is 0.294 e. The predicted octanol–water partition coefficient (Wildman–Crippen LogP) is 5.35. The van der Waals surface area contributed by atoms with Crippen molar-refractivity contribution in [1.82, 2.24) is 14.4 Å². The van der Waals surface area contributed by atoms with Gasteiger partial charge in [0.15, 0.2) is 10.7 Å². The van der Waals surface area contributed by atoms with Crippen LogP contribution in [0, 0.1) is 6.92 Å². The summed E-state index contributed by atoms with van der Waals surface area (Å²) in [7, 11) is 0. The minimum absolute atomic E-state index is 0.00236. The van der Waals surface area contributed by atoms with Crippen molar-refractivity contribution in [3.8, 4) is 22.0 Å². The first-order valence-corrected chi connectivity index (χ1v) is 9.32. The Kier molecular flexibility index (Phi) is 3.75. The molecule has 0 saturated carbocycles. The van der Waals surface area contributed by atoms with Crippen LogP contribution in [0.15, 0.2) is 35.8 Å². The first-order valence-electron chi connectivity index (χ1n) is 7.25. The van der Waals surface area contributed by atoms with Gasteiger partial charge >= 0.3 is 0 Å². The number of hydrogen-bond donors (Lipinski definition) is 0. The summed E-state index contributed by atoms with van der Waals surface area (Å²) in [6.07, 6.45) is 1.98. The number of fused-ring (bicyclic) bond motifs is 1. The van der Waals surface area contributed by atoms with Crippen molar-refractivity contribution in [2.75, 3.05) is 0 Å². The number of hydrogen-bond acceptors (Lipinski definition) is 5. The van der Waals surface area contributed by atoms with Crippen molar-refractivity contribution in [2.24, 2.45) is 0 Å². The van der Waals surface area contributed by atoms with Crippen molar-refractivity contribution in [3.63, 3.8) is 0 Å². The van der Waals surface area contributed by atoms with Gasteiger partial charge in [0, 0.05) is 29.1 Å². The van der Waals surface area contributed by atoms with Gasteiger partial charge in [-0.3, -0.25) is 9.20 Å². The standard InChI is InChI=1S/C17H12ClN3OS2/c1-9-14(21-6-7-23-17(21)19-9)16-20-13(15(24-16)10(2)22)11-4-3-5-12(18)8-11/h3-8H,1-2H3. The summed E-state index contributed by atoms with van der Waals surface area (Å²) in [6, 6.07) is 7.42. The van der Waals surface area contributed by atoms with Crippen LogP contribution in [0.1, 0.15) is 22.3 Å². The summed E-state index contributed by atoms with van der Waals surface area (Å²) in [5.74, 6) is -0.00236. The molecule has 0 spiro atoms. The van der Waals surface area contributed by atoms with Crippen LogP contribution in [-0.4, -0.2) is 20.2 Å². The molecule has 0 saturated heterocycles. The Balaban J connectivity index is 1.96. The van der Waals surface area contributed by atoms with E-state index in [1.165, 1.54) is 11.3 Å². The SMILES string of the molecule is CC(=O)c1sc(-c2c(C)nc3sccn23)nc1-c1cccc(Cl)c1. The van der Waals surface area contributed by atoms with Crippen LogP contribution >= 0.6 is 34.3 Å². The third-order valence-electron chi connectivity index (χ3n) is 3.68. The lowest BCUT2D eigenvalue weighted by molar-refractivity contribution is 0.102. The minimum Gasteiger partial charge on any atom is -0.294 e. The second-order valence-corrected chi connectivity index (χ2v) is 7.67. The molecule has 0 aliphatic rings. The highest BCUT2D eigenvalue weighted by Gasteiger charge is 2.21. The van der Waals surface area contributed by atoms with Crippen molar-refractivity contribution < 1.29 is 4.79 Å². The molecule has 7 heteroatoms. The lowest BCUT2D eigenvalue weighted by Crippen LogP contribution is -1.91. The van der Waals surface area contributed by atoms with Crippen LogP contribution < -0.4 is 0 Å². The molecule has 0 unspecified atom stereocenters. The normalized spacial score (nSPS) is 11.3. The number of rotatable bonds is 3. The number of halogens is 1. The second kappa shape index (κ2) is 5.81. The number of benzene rings is 1. The number of carbonyl (C=O) groups excluding carboxylic acids is 1. The van der Waals surface area contributed by atoms with Crippen molar-refractivity contribution in [1.29, 1.82) is 0 Å². The third kappa shape index (κ3) is 2.47. The Morgan fingerprint density at radius 2 is 2.12 bits per heavy atom. The first-order chi connectivity index (χ1) is 11.5. The van der Waals surface area contributed by atoms with E-state index in [-0.39, 0.29) is 5.78 Å². The number of ketones is 1. The van der Waals surface area contributed by atoms with Crippen LogP contribution in [0.5, 0.6) is 0 Å². The highest BCUT2D eigenvalue weighted by atomic mass is 35.5. The Morgan fingerprint density at radius 1 is 1.29 bits per heavy atom. The molecule has 3 aromatic heterocycles. The Hall–Kier alpha value is -2.02. The first kappa shape index (κ1) is 15.5. The fourth-order valence-electron chi connectivity index (χ4n) is 2.64. The number of nitrogens with zero attached hydrogens (tertiary/aromatic N) is 3. The average molecular weight is 374 g/mol. The molecule has 4 aromatic rings.